The molecule has 0 radical (unpaired) electrons. The Balaban J connectivity index is 0.000000280. The molecule has 1 unspecified atom stereocenters. The molecule has 1 aromatic rings. The maximum atomic E-state index is 11.4. The third kappa shape index (κ3) is 5.48. The van der Waals surface area contributed by atoms with Crippen LogP contribution in [0.1, 0.15) is 49.5 Å². The van der Waals surface area contributed by atoms with E-state index in [9.17, 15) is 24.6 Å². The topological polar surface area (TPSA) is 130 Å². The number of ketones is 1. The molecule has 154 valence electrons. The lowest BCUT2D eigenvalue weighted by molar-refractivity contribution is -0.147. The van der Waals surface area contributed by atoms with Crippen LogP contribution in [0.5, 0.6) is 11.5 Å². The Hall–Kier alpha value is -3.03. The van der Waals surface area contributed by atoms with Gasteiger partial charge < -0.3 is 24.8 Å². The maximum absolute atomic E-state index is 11.4. The number of benzene rings is 1. The van der Waals surface area contributed by atoms with E-state index >= 15 is 0 Å². The monoisotopic (exact) mass is 394 g/mol. The van der Waals surface area contributed by atoms with E-state index in [0.29, 0.717) is 24.2 Å². The summed E-state index contributed by atoms with van der Waals surface area (Å²) in [5.41, 5.74) is 1.02. The summed E-state index contributed by atoms with van der Waals surface area (Å²) in [5, 5.41) is 27.8. The van der Waals surface area contributed by atoms with Gasteiger partial charge in [-0.25, -0.2) is 4.79 Å². The molecule has 1 aromatic carbocycles. The molecule has 0 amide bonds. The average molecular weight is 394 g/mol. The summed E-state index contributed by atoms with van der Waals surface area (Å²) in [6.07, 6.45) is 0.653. The number of ether oxygens (including phenoxy) is 2. The number of aromatic hydroxyl groups is 2. The van der Waals surface area contributed by atoms with Crippen molar-refractivity contribution in [2.75, 3.05) is 13.2 Å². The first-order valence-corrected chi connectivity index (χ1v) is 8.93. The van der Waals surface area contributed by atoms with E-state index in [1.807, 2.05) is 0 Å². The highest BCUT2D eigenvalue weighted by Gasteiger charge is 2.31. The van der Waals surface area contributed by atoms with Crippen molar-refractivity contribution in [3.8, 4) is 11.5 Å². The summed E-state index contributed by atoms with van der Waals surface area (Å²) in [6, 6.07) is 2.68. The molecule has 0 spiro atoms. The molecule has 8 nitrogen and oxygen atoms in total. The Labute approximate surface area is 163 Å². The number of aliphatic hydroxyl groups is 1. The number of phenolic OH excluding ortho intramolecular Hbond substituents is 2. The van der Waals surface area contributed by atoms with Gasteiger partial charge in [-0.1, -0.05) is 0 Å². The van der Waals surface area contributed by atoms with Crippen LogP contribution in [-0.4, -0.2) is 46.3 Å². The molecule has 0 aromatic heterocycles. The van der Waals surface area contributed by atoms with Gasteiger partial charge in [-0.3, -0.25) is 9.59 Å². The minimum absolute atomic E-state index is 0.215. The van der Waals surface area contributed by atoms with Crippen LogP contribution in [0, 0.1) is 12.8 Å². The normalized spacial score (nSPS) is 16.1. The third-order valence-electron chi connectivity index (χ3n) is 4.30. The van der Waals surface area contributed by atoms with Crippen LogP contribution in [0.4, 0.5) is 0 Å². The fourth-order valence-electron chi connectivity index (χ4n) is 2.65. The molecule has 0 saturated carbocycles. The fourth-order valence-corrected chi connectivity index (χ4v) is 2.65. The number of phenols is 2. The van der Waals surface area contributed by atoms with E-state index < -0.39 is 11.9 Å². The SMILES string of the molecule is CCOC(=O)C1CCC(=O)C(O)=C1C.CCOC(=O)c1ccc(O)c(O)c1C. The first kappa shape index (κ1) is 23.0. The predicted octanol–water partition coefficient (Wildman–Crippen LogP) is 2.94. The van der Waals surface area contributed by atoms with Gasteiger partial charge in [0, 0.05) is 12.0 Å². The first-order chi connectivity index (χ1) is 13.1. The molecule has 1 aliphatic carbocycles. The van der Waals surface area contributed by atoms with Gasteiger partial charge in [0.1, 0.15) is 0 Å². The summed E-state index contributed by atoms with van der Waals surface area (Å²) in [4.78, 5) is 33.8. The highest BCUT2D eigenvalue weighted by Crippen LogP contribution is 2.30. The number of aliphatic hydroxyl groups excluding tert-OH is 1. The molecule has 0 aliphatic heterocycles. The molecule has 0 fully saturated rings. The zero-order chi connectivity index (χ0) is 21.4. The Bertz CT molecular complexity index is 779. The lowest BCUT2D eigenvalue weighted by Gasteiger charge is -2.20. The second-order valence-electron chi connectivity index (χ2n) is 6.12. The number of rotatable bonds is 4. The number of esters is 2. The van der Waals surface area contributed by atoms with Crippen molar-refractivity contribution in [2.24, 2.45) is 5.92 Å². The number of Topliss-reactive ketones (excluding diaryl/α,β-unsaturated/α-hetero) is 1. The Morgan fingerprint density at radius 2 is 1.68 bits per heavy atom. The van der Waals surface area contributed by atoms with E-state index in [1.54, 1.807) is 27.7 Å². The van der Waals surface area contributed by atoms with Crippen LogP contribution in [-0.2, 0) is 19.1 Å². The van der Waals surface area contributed by atoms with Crippen molar-refractivity contribution in [1.29, 1.82) is 0 Å². The number of allylic oxidation sites excluding steroid dienone is 1. The van der Waals surface area contributed by atoms with E-state index in [0.717, 1.165) is 0 Å². The number of hydrogen-bond donors (Lipinski definition) is 3. The quantitative estimate of drug-likeness (QED) is 0.525. The van der Waals surface area contributed by atoms with Gasteiger partial charge in [-0.05, 0) is 51.8 Å². The maximum Gasteiger partial charge on any atom is 0.338 e. The van der Waals surface area contributed by atoms with E-state index in [4.69, 9.17) is 14.6 Å². The molecule has 1 aliphatic rings. The molecule has 28 heavy (non-hydrogen) atoms. The molecule has 0 saturated heterocycles. The molecule has 1 atom stereocenters. The van der Waals surface area contributed by atoms with Gasteiger partial charge in [0.15, 0.2) is 23.0 Å². The van der Waals surface area contributed by atoms with Gasteiger partial charge >= 0.3 is 11.9 Å². The lowest BCUT2D eigenvalue weighted by Crippen LogP contribution is -2.26. The van der Waals surface area contributed by atoms with Crippen molar-refractivity contribution < 1.29 is 39.2 Å². The van der Waals surface area contributed by atoms with E-state index in [-0.39, 0.29) is 47.6 Å². The standard InChI is InChI=1S/C10H14O4.C10H12O4/c2*1-3-14-10(13)7-4-5-8(11)9(12)6(7)2/h7,12H,3-5H2,1-2H3;4-5,11-12H,3H2,1-2H3. The van der Waals surface area contributed by atoms with Gasteiger partial charge in [-0.15, -0.1) is 0 Å². The highest BCUT2D eigenvalue weighted by atomic mass is 16.5. The molecular formula is C20H26O8. The Morgan fingerprint density at radius 1 is 1.07 bits per heavy atom. The predicted molar refractivity (Wildman–Crippen MR) is 100 cm³/mol. The lowest BCUT2D eigenvalue weighted by atomic mass is 9.87. The van der Waals surface area contributed by atoms with Crippen LogP contribution >= 0.6 is 0 Å². The van der Waals surface area contributed by atoms with Crippen molar-refractivity contribution in [3.05, 3.63) is 34.6 Å². The molecule has 3 N–H and O–H groups in total. The van der Waals surface area contributed by atoms with Crippen LogP contribution in [0.15, 0.2) is 23.5 Å². The van der Waals surface area contributed by atoms with Crippen molar-refractivity contribution in [3.63, 3.8) is 0 Å². The van der Waals surface area contributed by atoms with Crippen molar-refractivity contribution in [2.45, 2.75) is 40.5 Å². The minimum atomic E-state index is -0.500. The highest BCUT2D eigenvalue weighted by molar-refractivity contribution is 5.96. The molecule has 8 heteroatoms. The van der Waals surface area contributed by atoms with Crippen LogP contribution in [0.3, 0.4) is 0 Å². The Morgan fingerprint density at radius 3 is 2.25 bits per heavy atom. The average Bonchev–Trinajstić information content (AvgIpc) is 2.65. The Kier molecular flexibility index (Phi) is 8.50. The summed E-state index contributed by atoms with van der Waals surface area (Å²) < 4.78 is 9.61. The second kappa shape index (κ2) is 10.3. The van der Waals surface area contributed by atoms with Crippen LogP contribution < -0.4 is 0 Å². The summed E-state index contributed by atoms with van der Waals surface area (Å²) in [7, 11) is 0. The van der Waals surface area contributed by atoms with E-state index in [2.05, 4.69) is 0 Å². The van der Waals surface area contributed by atoms with E-state index in [1.165, 1.54) is 12.1 Å². The second-order valence-corrected chi connectivity index (χ2v) is 6.12. The van der Waals surface area contributed by atoms with Gasteiger partial charge in [0.2, 0.25) is 0 Å². The zero-order valence-corrected chi connectivity index (χ0v) is 16.4. The first-order valence-electron chi connectivity index (χ1n) is 8.93. The largest absolute Gasteiger partial charge is 0.504 e. The number of carbonyl (C=O) groups is 3. The van der Waals surface area contributed by atoms with Crippen LogP contribution in [0.2, 0.25) is 0 Å². The van der Waals surface area contributed by atoms with Gasteiger partial charge in [0.25, 0.3) is 0 Å². The van der Waals surface area contributed by atoms with Gasteiger partial charge in [0.05, 0.1) is 24.7 Å². The minimum Gasteiger partial charge on any atom is -0.504 e. The van der Waals surface area contributed by atoms with Crippen molar-refractivity contribution in [1.82, 2.24) is 0 Å². The zero-order valence-electron chi connectivity index (χ0n) is 16.4. The summed E-state index contributed by atoms with van der Waals surface area (Å²) in [5.74, 6) is -2.39. The molecule has 2 rings (SSSR count). The molecule has 0 heterocycles. The molecular weight excluding hydrogens is 368 g/mol. The van der Waals surface area contributed by atoms with Gasteiger partial charge in [-0.2, -0.15) is 0 Å². The number of hydrogen-bond acceptors (Lipinski definition) is 8. The summed E-state index contributed by atoms with van der Waals surface area (Å²) >= 11 is 0. The van der Waals surface area contributed by atoms with Crippen LogP contribution in [0.25, 0.3) is 0 Å². The summed E-state index contributed by atoms with van der Waals surface area (Å²) in [6.45, 7) is 7.16. The van der Waals surface area contributed by atoms with Crippen molar-refractivity contribution >= 4 is 17.7 Å². The smallest absolute Gasteiger partial charge is 0.338 e. The number of carbonyl (C=O) groups excluding carboxylic acids is 3. The fraction of sp³-hybridized carbons (Fsp3) is 0.450. The molecule has 0 bridgehead atoms. The third-order valence-corrected chi connectivity index (χ3v) is 4.30.